The lowest BCUT2D eigenvalue weighted by Crippen LogP contribution is -2.52. The second-order valence-electron chi connectivity index (χ2n) is 8.07. The fraction of sp³-hybridized carbons (Fsp3) is 0.889. The molecule has 1 N–H and O–H groups in total. The molecule has 1 aliphatic carbocycles. The Morgan fingerprint density at radius 1 is 1.14 bits per heavy atom. The van der Waals surface area contributed by atoms with Crippen LogP contribution < -0.4 is 5.32 Å². The Kier molecular flexibility index (Phi) is 5.11. The summed E-state index contributed by atoms with van der Waals surface area (Å²) in [5, 5.41) is 2.58. The predicted octanol–water partition coefficient (Wildman–Crippen LogP) is 3.92. The summed E-state index contributed by atoms with van der Waals surface area (Å²) in [6.07, 6.45) is 7.15. The lowest BCUT2D eigenvalue weighted by molar-refractivity contribution is -0.145. The summed E-state index contributed by atoms with van der Waals surface area (Å²) in [6.45, 7) is 8.94. The Hall–Kier alpha value is -0.860. The first kappa shape index (κ1) is 16.5. The van der Waals surface area contributed by atoms with E-state index in [0.717, 1.165) is 31.6 Å². The van der Waals surface area contributed by atoms with Crippen molar-refractivity contribution in [2.75, 3.05) is 0 Å². The van der Waals surface area contributed by atoms with Crippen molar-refractivity contribution in [3.05, 3.63) is 0 Å². The Morgan fingerprint density at radius 2 is 1.86 bits per heavy atom. The minimum absolute atomic E-state index is 0.0112. The smallest absolute Gasteiger partial charge is 0.230 e. The van der Waals surface area contributed by atoms with Crippen LogP contribution in [0.2, 0.25) is 0 Å². The van der Waals surface area contributed by atoms with Crippen LogP contribution in [-0.4, -0.2) is 11.8 Å². The molecule has 0 aromatic heterocycles. The van der Waals surface area contributed by atoms with E-state index in [9.17, 15) is 9.59 Å². The average molecular weight is 293 g/mol. The predicted molar refractivity (Wildman–Crippen MR) is 84.6 cm³/mol. The molecule has 3 heteroatoms. The summed E-state index contributed by atoms with van der Waals surface area (Å²) in [5.74, 6) is 1.92. The summed E-state index contributed by atoms with van der Waals surface area (Å²) in [6, 6.07) is 0. The number of rotatable bonds is 3. The van der Waals surface area contributed by atoms with E-state index in [4.69, 9.17) is 0 Å². The third-order valence-corrected chi connectivity index (χ3v) is 5.74. The standard InChI is InChI=1S/C18H31NO2/c1-12(2)10-15-17(21)19-16(20)11-18(15)8-5-6-14(7-9-18)13(3)4/h12-15H,5-11H2,1-4H3,(H,19,20,21). The number of imide groups is 1. The van der Waals surface area contributed by atoms with Crippen LogP contribution in [0.25, 0.3) is 0 Å². The van der Waals surface area contributed by atoms with Crippen molar-refractivity contribution in [3.63, 3.8) is 0 Å². The van der Waals surface area contributed by atoms with Crippen LogP contribution in [-0.2, 0) is 9.59 Å². The highest BCUT2D eigenvalue weighted by atomic mass is 16.2. The van der Waals surface area contributed by atoms with E-state index >= 15 is 0 Å². The third-order valence-electron chi connectivity index (χ3n) is 5.74. The largest absolute Gasteiger partial charge is 0.296 e. The number of hydrogen-bond acceptors (Lipinski definition) is 2. The number of carbonyl (C=O) groups is 2. The molecule has 0 bridgehead atoms. The van der Waals surface area contributed by atoms with Crippen LogP contribution in [0.5, 0.6) is 0 Å². The van der Waals surface area contributed by atoms with Gasteiger partial charge in [0.2, 0.25) is 11.8 Å². The van der Waals surface area contributed by atoms with Gasteiger partial charge in [0, 0.05) is 12.3 Å². The molecule has 1 saturated carbocycles. The van der Waals surface area contributed by atoms with Crippen LogP contribution in [0.4, 0.5) is 0 Å². The average Bonchev–Trinajstić information content (AvgIpc) is 2.57. The minimum Gasteiger partial charge on any atom is -0.296 e. The van der Waals surface area contributed by atoms with E-state index in [2.05, 4.69) is 33.0 Å². The zero-order chi connectivity index (χ0) is 15.6. The maximum absolute atomic E-state index is 12.4. The first-order valence-corrected chi connectivity index (χ1v) is 8.68. The van der Waals surface area contributed by atoms with E-state index in [1.165, 1.54) is 12.8 Å². The highest BCUT2D eigenvalue weighted by molar-refractivity contribution is 5.99. The van der Waals surface area contributed by atoms with Crippen molar-refractivity contribution >= 4 is 11.8 Å². The van der Waals surface area contributed by atoms with Gasteiger partial charge in [0.25, 0.3) is 0 Å². The molecule has 2 fully saturated rings. The molecule has 21 heavy (non-hydrogen) atoms. The first-order chi connectivity index (χ1) is 9.84. The fourth-order valence-electron chi connectivity index (χ4n) is 4.47. The molecule has 1 heterocycles. The van der Waals surface area contributed by atoms with Crippen molar-refractivity contribution in [1.29, 1.82) is 0 Å². The normalized spacial score (nSPS) is 34.4. The molecule has 2 rings (SSSR count). The highest BCUT2D eigenvalue weighted by Gasteiger charge is 2.48. The molecule has 3 nitrogen and oxygen atoms in total. The summed E-state index contributed by atoms with van der Waals surface area (Å²) in [5.41, 5.74) is -0.0622. The molecular weight excluding hydrogens is 262 g/mol. The Labute approximate surface area is 129 Å². The summed E-state index contributed by atoms with van der Waals surface area (Å²) in [4.78, 5) is 24.4. The molecule has 120 valence electrons. The lowest BCUT2D eigenvalue weighted by atomic mass is 9.63. The van der Waals surface area contributed by atoms with Crippen molar-refractivity contribution in [3.8, 4) is 0 Å². The van der Waals surface area contributed by atoms with Crippen LogP contribution in [0.1, 0.15) is 72.6 Å². The quantitative estimate of drug-likeness (QED) is 0.802. The number of piperidine rings is 1. The van der Waals surface area contributed by atoms with E-state index < -0.39 is 0 Å². The van der Waals surface area contributed by atoms with Gasteiger partial charge in [-0.2, -0.15) is 0 Å². The molecule has 1 spiro atoms. The van der Waals surface area contributed by atoms with Crippen molar-refractivity contribution in [1.82, 2.24) is 5.32 Å². The minimum atomic E-state index is -0.0622. The van der Waals surface area contributed by atoms with Crippen LogP contribution >= 0.6 is 0 Å². The van der Waals surface area contributed by atoms with Gasteiger partial charge in [0.15, 0.2) is 0 Å². The Bertz CT molecular complexity index is 402. The highest BCUT2D eigenvalue weighted by Crippen LogP contribution is 2.50. The number of nitrogens with one attached hydrogen (secondary N) is 1. The summed E-state index contributed by atoms with van der Waals surface area (Å²) < 4.78 is 0. The number of carbonyl (C=O) groups excluding carboxylic acids is 2. The van der Waals surface area contributed by atoms with Gasteiger partial charge in [-0.1, -0.05) is 40.5 Å². The van der Waals surface area contributed by atoms with Crippen molar-refractivity contribution < 1.29 is 9.59 Å². The van der Waals surface area contributed by atoms with Gasteiger partial charge in [-0.3, -0.25) is 14.9 Å². The van der Waals surface area contributed by atoms with E-state index in [0.29, 0.717) is 18.3 Å². The fourth-order valence-corrected chi connectivity index (χ4v) is 4.47. The molecule has 1 saturated heterocycles. The Morgan fingerprint density at radius 3 is 2.48 bits per heavy atom. The second-order valence-corrected chi connectivity index (χ2v) is 8.07. The SMILES string of the molecule is CC(C)CC1C(=O)NC(=O)CC12CCCC(C(C)C)CC2. The lowest BCUT2D eigenvalue weighted by Gasteiger charge is -2.43. The number of amides is 2. The third kappa shape index (κ3) is 3.67. The van der Waals surface area contributed by atoms with E-state index in [-0.39, 0.29) is 23.1 Å². The van der Waals surface area contributed by atoms with Crippen molar-refractivity contribution in [2.45, 2.75) is 72.6 Å². The van der Waals surface area contributed by atoms with E-state index in [1.807, 2.05) is 0 Å². The first-order valence-electron chi connectivity index (χ1n) is 8.68. The molecule has 2 amide bonds. The molecule has 3 atom stereocenters. The van der Waals surface area contributed by atoms with Gasteiger partial charge in [0.1, 0.15) is 0 Å². The number of hydrogen-bond donors (Lipinski definition) is 1. The van der Waals surface area contributed by atoms with Gasteiger partial charge in [-0.05, 0) is 48.9 Å². The topological polar surface area (TPSA) is 46.2 Å². The van der Waals surface area contributed by atoms with Gasteiger partial charge < -0.3 is 0 Å². The molecule has 0 aromatic rings. The van der Waals surface area contributed by atoms with Gasteiger partial charge in [-0.25, -0.2) is 0 Å². The maximum Gasteiger partial charge on any atom is 0.230 e. The second kappa shape index (κ2) is 6.50. The zero-order valence-electron chi connectivity index (χ0n) is 14.1. The maximum atomic E-state index is 12.4. The molecule has 1 aliphatic heterocycles. The van der Waals surface area contributed by atoms with Crippen molar-refractivity contribution in [2.24, 2.45) is 29.1 Å². The van der Waals surface area contributed by atoms with Crippen LogP contribution in [0.3, 0.4) is 0 Å². The summed E-state index contributed by atoms with van der Waals surface area (Å²) >= 11 is 0. The Balaban J connectivity index is 2.22. The van der Waals surface area contributed by atoms with Crippen LogP contribution in [0, 0.1) is 29.1 Å². The molecular formula is C18H31NO2. The van der Waals surface area contributed by atoms with Gasteiger partial charge in [-0.15, -0.1) is 0 Å². The molecule has 2 aliphatic rings. The summed E-state index contributed by atoms with van der Waals surface area (Å²) in [7, 11) is 0. The van der Waals surface area contributed by atoms with Crippen LogP contribution in [0.15, 0.2) is 0 Å². The monoisotopic (exact) mass is 293 g/mol. The zero-order valence-corrected chi connectivity index (χ0v) is 14.1. The molecule has 0 radical (unpaired) electrons. The van der Waals surface area contributed by atoms with Gasteiger partial charge in [0.05, 0.1) is 0 Å². The van der Waals surface area contributed by atoms with E-state index in [1.54, 1.807) is 0 Å². The van der Waals surface area contributed by atoms with Gasteiger partial charge >= 0.3 is 0 Å². The molecule has 3 unspecified atom stereocenters. The molecule has 0 aromatic carbocycles.